The van der Waals surface area contributed by atoms with Crippen molar-refractivity contribution in [1.82, 2.24) is 0 Å². The van der Waals surface area contributed by atoms with Crippen LogP contribution < -0.4 is 5.73 Å². The Kier molecular flexibility index (Phi) is 4.91. The number of nitrogen functional groups attached to an aromatic ring is 1. The van der Waals surface area contributed by atoms with Crippen molar-refractivity contribution in [3.05, 3.63) is 50.5 Å². The Morgan fingerprint density at radius 2 is 1.88 bits per heavy atom. The van der Waals surface area contributed by atoms with Crippen molar-refractivity contribution in [1.29, 1.82) is 10.5 Å². The highest BCUT2D eigenvalue weighted by Crippen LogP contribution is 2.44. The van der Waals surface area contributed by atoms with Gasteiger partial charge in [0.15, 0.2) is 0 Å². The zero-order valence-electron chi connectivity index (χ0n) is 13.9. The molecule has 0 saturated heterocycles. The van der Waals surface area contributed by atoms with Crippen LogP contribution in [0.4, 0.5) is 5.69 Å². The topological polar surface area (TPSA) is 73.6 Å². The summed E-state index contributed by atoms with van der Waals surface area (Å²) in [7, 11) is 0. The lowest BCUT2D eigenvalue weighted by Crippen LogP contribution is -2.18. The molecule has 0 aromatic heterocycles. The number of hydrogen-bond donors (Lipinski definition) is 1. The molecule has 0 spiro atoms. The molecule has 0 amide bonds. The molecule has 1 aliphatic carbocycles. The third kappa shape index (κ3) is 2.95. The van der Waals surface area contributed by atoms with Crippen LogP contribution in [-0.4, -0.2) is 0 Å². The van der Waals surface area contributed by atoms with Gasteiger partial charge in [-0.05, 0) is 48.4 Å². The summed E-state index contributed by atoms with van der Waals surface area (Å²) in [6, 6.07) is 9.64. The fourth-order valence-electron chi connectivity index (χ4n) is 3.70. The zero-order chi connectivity index (χ0) is 18.1. The number of nitrogens with zero attached hydrogens (tertiary/aromatic N) is 2. The van der Waals surface area contributed by atoms with Gasteiger partial charge in [-0.2, -0.15) is 10.5 Å². The molecule has 2 aromatic carbocycles. The number of nitrogens with two attached hydrogens (primary N) is 1. The van der Waals surface area contributed by atoms with E-state index in [9.17, 15) is 10.5 Å². The second-order valence-electron chi connectivity index (χ2n) is 6.36. The maximum absolute atomic E-state index is 9.74. The SMILES string of the molecule is CC[C@H]1CCc2c(C#N)c(N)c(C#N)c(-c3ccc(Cl)cc3Cl)c2C1. The molecular formula is C20H17Cl2N3. The van der Waals surface area contributed by atoms with E-state index in [0.717, 1.165) is 47.9 Å². The van der Waals surface area contributed by atoms with Gasteiger partial charge in [0.2, 0.25) is 0 Å². The van der Waals surface area contributed by atoms with Crippen molar-refractivity contribution in [2.24, 2.45) is 5.92 Å². The van der Waals surface area contributed by atoms with E-state index in [4.69, 9.17) is 28.9 Å². The Morgan fingerprint density at radius 1 is 1.16 bits per heavy atom. The first-order valence-corrected chi connectivity index (χ1v) is 9.00. The van der Waals surface area contributed by atoms with Gasteiger partial charge in [0.1, 0.15) is 12.1 Å². The van der Waals surface area contributed by atoms with Crippen LogP contribution in [0, 0.1) is 28.6 Å². The number of hydrogen-bond acceptors (Lipinski definition) is 3. The van der Waals surface area contributed by atoms with Gasteiger partial charge >= 0.3 is 0 Å². The predicted molar refractivity (Wildman–Crippen MR) is 102 cm³/mol. The molecular weight excluding hydrogens is 353 g/mol. The molecule has 25 heavy (non-hydrogen) atoms. The number of anilines is 1. The molecule has 5 heteroatoms. The van der Waals surface area contributed by atoms with E-state index in [1.807, 2.05) is 6.07 Å². The van der Waals surface area contributed by atoms with Crippen LogP contribution in [0.25, 0.3) is 11.1 Å². The highest BCUT2D eigenvalue weighted by atomic mass is 35.5. The smallest absolute Gasteiger partial charge is 0.102 e. The Balaban J connectivity index is 2.40. The van der Waals surface area contributed by atoms with E-state index in [1.54, 1.807) is 12.1 Å². The second-order valence-corrected chi connectivity index (χ2v) is 7.20. The van der Waals surface area contributed by atoms with E-state index in [2.05, 4.69) is 19.1 Å². The van der Waals surface area contributed by atoms with Crippen LogP contribution in [0.15, 0.2) is 18.2 Å². The average Bonchev–Trinajstić information content (AvgIpc) is 2.61. The molecule has 0 aliphatic heterocycles. The first-order valence-electron chi connectivity index (χ1n) is 8.24. The third-order valence-corrected chi connectivity index (χ3v) is 5.60. The molecule has 0 unspecified atom stereocenters. The van der Waals surface area contributed by atoms with E-state index in [0.29, 0.717) is 27.1 Å². The minimum Gasteiger partial charge on any atom is -0.397 e. The van der Waals surface area contributed by atoms with Crippen LogP contribution >= 0.6 is 23.2 Å². The molecule has 1 aliphatic rings. The standard InChI is InChI=1S/C20H17Cl2N3/c1-2-11-3-5-13-15(7-11)19(14-6-4-12(21)8-18(14)22)17(10-24)20(25)16(13)9-23/h4,6,8,11H,2-3,5,7,25H2,1H3/t11-/m0/s1. The van der Waals surface area contributed by atoms with Gasteiger partial charge in [0.25, 0.3) is 0 Å². The van der Waals surface area contributed by atoms with Crippen LogP contribution in [0.3, 0.4) is 0 Å². The second kappa shape index (κ2) is 6.96. The molecule has 0 saturated carbocycles. The summed E-state index contributed by atoms with van der Waals surface area (Å²) < 4.78 is 0. The first-order chi connectivity index (χ1) is 12.0. The van der Waals surface area contributed by atoms with E-state index < -0.39 is 0 Å². The number of nitriles is 2. The summed E-state index contributed by atoms with van der Waals surface area (Å²) in [5.41, 5.74) is 10.7. The Bertz CT molecular complexity index is 936. The van der Waals surface area contributed by atoms with Crippen LogP contribution in [0.2, 0.25) is 10.0 Å². The number of rotatable bonds is 2. The average molecular weight is 370 g/mol. The molecule has 2 N–H and O–H groups in total. The Hall–Kier alpha value is -2.20. The molecule has 3 nitrogen and oxygen atoms in total. The van der Waals surface area contributed by atoms with Crippen molar-refractivity contribution in [2.45, 2.75) is 32.6 Å². The molecule has 126 valence electrons. The zero-order valence-corrected chi connectivity index (χ0v) is 15.4. The Labute approximate surface area is 157 Å². The van der Waals surface area contributed by atoms with Crippen LogP contribution in [-0.2, 0) is 12.8 Å². The minimum atomic E-state index is 0.250. The molecule has 0 heterocycles. The predicted octanol–water partition coefficient (Wildman–Crippen LogP) is 5.50. The normalized spacial score (nSPS) is 16.0. The highest BCUT2D eigenvalue weighted by molar-refractivity contribution is 6.36. The lowest BCUT2D eigenvalue weighted by molar-refractivity contribution is 0.445. The maximum Gasteiger partial charge on any atom is 0.102 e. The lowest BCUT2D eigenvalue weighted by atomic mass is 9.75. The highest BCUT2D eigenvalue weighted by Gasteiger charge is 2.29. The third-order valence-electron chi connectivity index (χ3n) is 5.05. The number of halogens is 2. The fourth-order valence-corrected chi connectivity index (χ4v) is 4.20. The van der Waals surface area contributed by atoms with Crippen molar-refractivity contribution in [2.75, 3.05) is 5.73 Å². The van der Waals surface area contributed by atoms with Gasteiger partial charge in [0.05, 0.1) is 16.8 Å². The van der Waals surface area contributed by atoms with Crippen molar-refractivity contribution in [3.8, 4) is 23.3 Å². The summed E-state index contributed by atoms with van der Waals surface area (Å²) >= 11 is 12.5. The molecule has 0 bridgehead atoms. The summed E-state index contributed by atoms with van der Waals surface area (Å²) in [4.78, 5) is 0. The molecule has 3 rings (SSSR count). The van der Waals surface area contributed by atoms with Gasteiger partial charge in [-0.25, -0.2) is 0 Å². The number of fused-ring (bicyclic) bond motifs is 1. The van der Waals surface area contributed by atoms with Crippen molar-refractivity contribution in [3.63, 3.8) is 0 Å². The first kappa shape index (κ1) is 17.6. The fraction of sp³-hybridized carbons (Fsp3) is 0.300. The van der Waals surface area contributed by atoms with Crippen LogP contribution in [0.5, 0.6) is 0 Å². The molecule has 2 aromatic rings. The quantitative estimate of drug-likeness (QED) is 0.709. The lowest BCUT2D eigenvalue weighted by Gasteiger charge is -2.28. The maximum atomic E-state index is 9.74. The summed E-state index contributed by atoms with van der Waals surface area (Å²) in [5, 5.41) is 20.3. The van der Waals surface area contributed by atoms with E-state index >= 15 is 0 Å². The summed E-state index contributed by atoms with van der Waals surface area (Å²) in [6.07, 6.45) is 3.70. The van der Waals surface area contributed by atoms with Crippen molar-refractivity contribution >= 4 is 28.9 Å². The van der Waals surface area contributed by atoms with Gasteiger partial charge in [-0.15, -0.1) is 0 Å². The summed E-state index contributed by atoms with van der Waals surface area (Å²) in [5.74, 6) is 0.527. The molecule has 0 fully saturated rings. The van der Waals surface area contributed by atoms with E-state index in [1.165, 1.54) is 0 Å². The Morgan fingerprint density at radius 3 is 2.48 bits per heavy atom. The monoisotopic (exact) mass is 369 g/mol. The van der Waals surface area contributed by atoms with E-state index in [-0.39, 0.29) is 5.69 Å². The molecule has 0 radical (unpaired) electrons. The largest absolute Gasteiger partial charge is 0.397 e. The van der Waals surface area contributed by atoms with Crippen LogP contribution in [0.1, 0.15) is 42.0 Å². The van der Waals surface area contributed by atoms with Gasteiger partial charge in [-0.1, -0.05) is 42.6 Å². The summed E-state index contributed by atoms with van der Waals surface area (Å²) in [6.45, 7) is 2.16. The molecule has 1 atom stereocenters. The van der Waals surface area contributed by atoms with Gasteiger partial charge in [0, 0.05) is 21.2 Å². The van der Waals surface area contributed by atoms with Crippen molar-refractivity contribution < 1.29 is 0 Å². The number of benzene rings is 2. The van der Waals surface area contributed by atoms with Gasteiger partial charge in [-0.3, -0.25) is 0 Å². The minimum absolute atomic E-state index is 0.250. The van der Waals surface area contributed by atoms with Gasteiger partial charge < -0.3 is 5.73 Å².